The highest BCUT2D eigenvalue weighted by Crippen LogP contribution is 2.22. The summed E-state index contributed by atoms with van der Waals surface area (Å²) in [5, 5.41) is 3.34. The molecule has 0 fully saturated rings. The minimum Gasteiger partial charge on any atom is -0.332 e. The van der Waals surface area contributed by atoms with E-state index in [4.69, 9.17) is 0 Å². The van der Waals surface area contributed by atoms with Crippen molar-refractivity contribution in [2.75, 3.05) is 25.9 Å². The van der Waals surface area contributed by atoms with Crippen molar-refractivity contribution in [2.45, 2.75) is 0 Å². The molecule has 102 valence electrons. The zero-order chi connectivity index (χ0) is 13.8. The lowest BCUT2D eigenvalue weighted by Crippen LogP contribution is -2.39. The average Bonchev–Trinajstić information content (AvgIpc) is 2.99. The summed E-state index contributed by atoms with van der Waals surface area (Å²) in [5.41, 5.74) is 0. The maximum Gasteiger partial charge on any atom is 0.264 e. The molecule has 1 aromatic heterocycles. The van der Waals surface area contributed by atoms with Gasteiger partial charge in [0.05, 0.1) is 21.8 Å². The van der Waals surface area contributed by atoms with Crippen LogP contribution in [-0.2, 0) is 4.79 Å². The Labute approximate surface area is 127 Å². The lowest BCUT2D eigenvalue weighted by atomic mass is 10.4. The number of nitrogens with one attached hydrogen (secondary N) is 1. The van der Waals surface area contributed by atoms with Crippen LogP contribution in [0, 0.1) is 0 Å². The second-order valence-electron chi connectivity index (χ2n) is 3.85. The van der Waals surface area contributed by atoms with Gasteiger partial charge >= 0.3 is 0 Å². The van der Waals surface area contributed by atoms with Gasteiger partial charge in [-0.25, -0.2) is 0 Å². The van der Waals surface area contributed by atoms with Crippen LogP contribution in [-0.4, -0.2) is 47.8 Å². The lowest BCUT2D eigenvalue weighted by Gasteiger charge is -2.15. The number of aliphatic imine (C=N–C) groups is 1. The summed E-state index contributed by atoms with van der Waals surface area (Å²) in [5.74, 6) is 0.514. The van der Waals surface area contributed by atoms with Crippen molar-refractivity contribution in [2.24, 2.45) is 4.99 Å². The van der Waals surface area contributed by atoms with Crippen molar-refractivity contribution >= 4 is 56.0 Å². The first-order valence-corrected chi connectivity index (χ1v) is 8.13. The summed E-state index contributed by atoms with van der Waals surface area (Å²) < 4.78 is 0.894. The Hall–Kier alpha value is -0.860. The molecule has 1 aliphatic rings. The molecule has 2 heterocycles. The van der Waals surface area contributed by atoms with E-state index < -0.39 is 0 Å². The molecule has 0 spiro atoms. The van der Waals surface area contributed by atoms with Crippen molar-refractivity contribution in [1.82, 2.24) is 10.2 Å². The molecule has 0 unspecified atom stereocenters. The molecule has 0 atom stereocenters. The molecule has 1 N–H and O–H groups in total. The zero-order valence-corrected chi connectivity index (χ0v) is 13.4. The van der Waals surface area contributed by atoms with Gasteiger partial charge in [-0.15, -0.1) is 11.3 Å². The van der Waals surface area contributed by atoms with Crippen LogP contribution in [0.2, 0.25) is 0 Å². The van der Waals surface area contributed by atoms with E-state index in [0.29, 0.717) is 10.0 Å². The van der Waals surface area contributed by atoms with E-state index in [1.807, 2.05) is 6.07 Å². The number of amides is 2. The number of nitrogens with zero attached hydrogens (tertiary/aromatic N) is 2. The molecule has 8 heteroatoms. The molecule has 19 heavy (non-hydrogen) atoms. The van der Waals surface area contributed by atoms with E-state index in [2.05, 4.69) is 26.2 Å². The van der Waals surface area contributed by atoms with Crippen molar-refractivity contribution in [1.29, 1.82) is 0 Å². The second-order valence-corrected chi connectivity index (χ2v) is 7.40. The third kappa shape index (κ3) is 4.05. The van der Waals surface area contributed by atoms with Crippen LogP contribution in [0.25, 0.3) is 0 Å². The smallest absolute Gasteiger partial charge is 0.264 e. The maximum atomic E-state index is 12.0. The van der Waals surface area contributed by atoms with E-state index in [1.165, 1.54) is 28.0 Å². The van der Waals surface area contributed by atoms with Gasteiger partial charge in [0.15, 0.2) is 5.17 Å². The number of amidine groups is 1. The molecule has 0 aromatic carbocycles. The molecule has 5 nitrogen and oxygen atoms in total. The Morgan fingerprint density at radius 1 is 1.53 bits per heavy atom. The number of carbonyl (C=O) groups excluding carboxylic acids is 2. The van der Waals surface area contributed by atoms with Gasteiger partial charge < -0.3 is 10.2 Å². The van der Waals surface area contributed by atoms with Crippen molar-refractivity contribution < 1.29 is 9.59 Å². The van der Waals surface area contributed by atoms with Crippen molar-refractivity contribution in [3.8, 4) is 0 Å². The van der Waals surface area contributed by atoms with Gasteiger partial charge in [-0.3, -0.25) is 14.6 Å². The van der Waals surface area contributed by atoms with E-state index in [1.54, 1.807) is 13.1 Å². The molecule has 0 aliphatic carbocycles. The molecule has 2 amide bonds. The van der Waals surface area contributed by atoms with Crippen LogP contribution >= 0.6 is 39.0 Å². The van der Waals surface area contributed by atoms with E-state index >= 15 is 0 Å². The summed E-state index contributed by atoms with van der Waals surface area (Å²) in [6, 6.07) is 3.55. The monoisotopic (exact) mass is 361 g/mol. The lowest BCUT2D eigenvalue weighted by molar-refractivity contribution is -0.120. The third-order valence-corrected chi connectivity index (χ3v) is 4.85. The van der Waals surface area contributed by atoms with E-state index in [-0.39, 0.29) is 18.4 Å². The number of thioether (sulfide) groups is 1. The molecule has 1 aromatic rings. The highest BCUT2D eigenvalue weighted by Gasteiger charge is 2.18. The first kappa shape index (κ1) is 14.5. The summed E-state index contributed by atoms with van der Waals surface area (Å²) in [6.07, 6.45) is 0. The summed E-state index contributed by atoms with van der Waals surface area (Å²) in [6.45, 7) is 0.756. The van der Waals surface area contributed by atoms with Crippen molar-refractivity contribution in [3.63, 3.8) is 0 Å². The Morgan fingerprint density at radius 3 is 2.89 bits per heavy atom. The van der Waals surface area contributed by atoms with E-state index in [0.717, 1.165) is 16.1 Å². The predicted molar refractivity (Wildman–Crippen MR) is 81.9 cm³/mol. The third-order valence-electron chi connectivity index (χ3n) is 2.34. The Bertz CT molecular complexity index is 530. The Kier molecular flexibility index (Phi) is 5.00. The topological polar surface area (TPSA) is 61.8 Å². The van der Waals surface area contributed by atoms with Gasteiger partial charge in [0.1, 0.15) is 0 Å². The number of hydrogen-bond acceptors (Lipinski definition) is 5. The van der Waals surface area contributed by atoms with Gasteiger partial charge in [-0.1, -0.05) is 11.8 Å². The molecule has 0 saturated heterocycles. The fourth-order valence-electron chi connectivity index (χ4n) is 1.47. The van der Waals surface area contributed by atoms with Crippen LogP contribution in [0.4, 0.5) is 0 Å². The molecule has 0 radical (unpaired) electrons. The number of rotatable bonds is 3. The van der Waals surface area contributed by atoms with Gasteiger partial charge in [-0.2, -0.15) is 0 Å². The van der Waals surface area contributed by atoms with Gasteiger partial charge in [0, 0.05) is 12.8 Å². The highest BCUT2D eigenvalue weighted by atomic mass is 79.9. The molecule has 1 aliphatic heterocycles. The molecule has 0 bridgehead atoms. The number of likely N-dealkylation sites (N-methyl/N-ethyl adjacent to an activating group) is 1. The molecular formula is C11H12BrN3O2S2. The number of carbonyl (C=O) groups is 2. The molecular weight excluding hydrogens is 350 g/mol. The van der Waals surface area contributed by atoms with Crippen molar-refractivity contribution in [3.05, 3.63) is 20.8 Å². The first-order valence-electron chi connectivity index (χ1n) is 5.54. The van der Waals surface area contributed by atoms with E-state index in [9.17, 15) is 9.59 Å². The van der Waals surface area contributed by atoms with Crippen LogP contribution in [0.1, 0.15) is 9.67 Å². The molecule has 0 saturated carbocycles. The predicted octanol–water partition coefficient (Wildman–Crippen LogP) is 1.80. The maximum absolute atomic E-state index is 12.0. The SMILES string of the molecule is CN(CC(=O)NC1=NCCS1)C(=O)c1ccc(Br)s1. The van der Waals surface area contributed by atoms with Crippen LogP contribution in [0.15, 0.2) is 20.9 Å². The zero-order valence-electron chi connectivity index (χ0n) is 10.2. The highest BCUT2D eigenvalue weighted by molar-refractivity contribution is 9.11. The van der Waals surface area contributed by atoms with Gasteiger partial charge in [0.25, 0.3) is 5.91 Å². The molecule has 2 rings (SSSR count). The summed E-state index contributed by atoms with van der Waals surface area (Å²) in [7, 11) is 1.61. The van der Waals surface area contributed by atoms with Gasteiger partial charge in [-0.05, 0) is 28.1 Å². The fraction of sp³-hybridized carbons (Fsp3) is 0.364. The number of halogens is 1. The minimum absolute atomic E-state index is 0.0218. The van der Waals surface area contributed by atoms with Crippen LogP contribution in [0.3, 0.4) is 0 Å². The standard InChI is InChI=1S/C11H12BrN3O2S2/c1-15(10(17)7-2-3-8(12)19-7)6-9(16)14-11-13-4-5-18-11/h2-3H,4-6H2,1H3,(H,13,14,16). The minimum atomic E-state index is -0.223. The number of hydrogen-bond donors (Lipinski definition) is 1. The fourth-order valence-corrected chi connectivity index (χ4v) is 3.60. The summed E-state index contributed by atoms with van der Waals surface area (Å²) in [4.78, 5) is 29.9. The van der Waals surface area contributed by atoms with Gasteiger partial charge in [0.2, 0.25) is 5.91 Å². The first-order chi connectivity index (χ1) is 9.06. The Morgan fingerprint density at radius 2 is 2.32 bits per heavy atom. The second kappa shape index (κ2) is 6.53. The average molecular weight is 362 g/mol. The normalized spacial score (nSPS) is 14.1. The quantitative estimate of drug-likeness (QED) is 0.892. The Balaban J connectivity index is 1.87. The van der Waals surface area contributed by atoms with Crippen LogP contribution in [0.5, 0.6) is 0 Å². The summed E-state index contributed by atoms with van der Waals surface area (Å²) >= 11 is 6.18. The largest absolute Gasteiger partial charge is 0.332 e. The number of thiophene rings is 1. The van der Waals surface area contributed by atoms with Crippen LogP contribution < -0.4 is 5.32 Å².